The molecule has 1 unspecified atom stereocenters. The number of aromatic nitrogens is 1. The normalized spacial score (nSPS) is 12.4. The number of rotatable bonds is 3. The van der Waals surface area contributed by atoms with Gasteiger partial charge in [0, 0.05) is 24.4 Å². The van der Waals surface area contributed by atoms with E-state index in [1.165, 1.54) is 18.3 Å². The maximum atomic E-state index is 13.7. The molecule has 0 fully saturated rings. The third kappa shape index (κ3) is 2.73. The first-order chi connectivity index (χ1) is 8.59. The highest BCUT2D eigenvalue weighted by Crippen LogP contribution is 2.26. The van der Waals surface area contributed by atoms with Crippen molar-refractivity contribution < 1.29 is 13.9 Å². The second-order valence-electron chi connectivity index (χ2n) is 3.83. The van der Waals surface area contributed by atoms with Gasteiger partial charge in [-0.1, -0.05) is 6.07 Å². The number of halogens is 3. The molecular formula is C13H10BrF2NO. The van der Waals surface area contributed by atoms with Gasteiger partial charge in [0.2, 0.25) is 0 Å². The first-order valence-electron chi connectivity index (χ1n) is 5.30. The standard InChI is InChI=1S/C13H10BrF2NO/c14-10-3-4-11(15)9(13(10)16)6-12(18)8-2-1-5-17-7-8/h1-5,7,12,18H,6H2. The number of aliphatic hydroxyl groups is 1. The van der Waals surface area contributed by atoms with Crippen LogP contribution in [0.15, 0.2) is 41.1 Å². The Morgan fingerprint density at radius 1 is 1.28 bits per heavy atom. The van der Waals surface area contributed by atoms with Crippen LogP contribution in [-0.4, -0.2) is 10.1 Å². The van der Waals surface area contributed by atoms with E-state index in [2.05, 4.69) is 20.9 Å². The van der Waals surface area contributed by atoms with Crippen LogP contribution in [0.4, 0.5) is 8.78 Å². The zero-order valence-corrected chi connectivity index (χ0v) is 10.9. The van der Waals surface area contributed by atoms with Crippen molar-refractivity contribution >= 4 is 15.9 Å². The van der Waals surface area contributed by atoms with Gasteiger partial charge in [-0.3, -0.25) is 4.98 Å². The van der Waals surface area contributed by atoms with Crippen LogP contribution >= 0.6 is 15.9 Å². The summed E-state index contributed by atoms with van der Waals surface area (Å²) in [6.45, 7) is 0. The summed E-state index contributed by atoms with van der Waals surface area (Å²) < 4.78 is 27.4. The minimum absolute atomic E-state index is 0.136. The molecule has 0 saturated carbocycles. The number of pyridine rings is 1. The minimum atomic E-state index is -0.989. The fraction of sp³-hybridized carbons (Fsp3) is 0.154. The fourth-order valence-electron chi connectivity index (χ4n) is 1.64. The zero-order valence-electron chi connectivity index (χ0n) is 9.28. The summed E-state index contributed by atoms with van der Waals surface area (Å²) in [5.41, 5.74) is 0.386. The summed E-state index contributed by atoms with van der Waals surface area (Å²) in [4.78, 5) is 3.85. The van der Waals surface area contributed by atoms with Crippen molar-refractivity contribution in [2.75, 3.05) is 0 Å². The van der Waals surface area contributed by atoms with Gasteiger partial charge in [-0.05, 0) is 39.7 Å². The smallest absolute Gasteiger partial charge is 0.143 e. The Hall–Kier alpha value is -1.33. The number of aliphatic hydroxyl groups excluding tert-OH is 1. The number of hydrogen-bond acceptors (Lipinski definition) is 2. The first-order valence-corrected chi connectivity index (χ1v) is 6.09. The van der Waals surface area contributed by atoms with E-state index in [9.17, 15) is 13.9 Å². The van der Waals surface area contributed by atoms with Crippen LogP contribution in [0.2, 0.25) is 0 Å². The van der Waals surface area contributed by atoms with E-state index in [1.54, 1.807) is 18.3 Å². The molecule has 1 N–H and O–H groups in total. The van der Waals surface area contributed by atoms with Crippen LogP contribution in [0.25, 0.3) is 0 Å². The topological polar surface area (TPSA) is 33.1 Å². The Morgan fingerprint density at radius 3 is 2.72 bits per heavy atom. The van der Waals surface area contributed by atoms with E-state index < -0.39 is 17.7 Å². The fourth-order valence-corrected chi connectivity index (χ4v) is 2.01. The predicted molar refractivity (Wildman–Crippen MR) is 67.0 cm³/mol. The number of benzene rings is 1. The van der Waals surface area contributed by atoms with Gasteiger partial charge in [-0.2, -0.15) is 0 Å². The molecule has 2 nitrogen and oxygen atoms in total. The second kappa shape index (κ2) is 5.54. The highest BCUT2D eigenvalue weighted by Gasteiger charge is 2.17. The van der Waals surface area contributed by atoms with Gasteiger partial charge in [-0.15, -0.1) is 0 Å². The third-order valence-electron chi connectivity index (χ3n) is 2.61. The van der Waals surface area contributed by atoms with Crippen LogP contribution in [0.5, 0.6) is 0 Å². The summed E-state index contributed by atoms with van der Waals surface area (Å²) >= 11 is 2.99. The van der Waals surface area contributed by atoms with Gasteiger partial charge in [0.1, 0.15) is 11.6 Å². The monoisotopic (exact) mass is 313 g/mol. The maximum Gasteiger partial charge on any atom is 0.143 e. The van der Waals surface area contributed by atoms with Gasteiger partial charge in [0.05, 0.1) is 10.6 Å². The Balaban J connectivity index is 2.27. The largest absolute Gasteiger partial charge is 0.388 e. The molecule has 0 spiro atoms. The van der Waals surface area contributed by atoms with Crippen LogP contribution in [0.1, 0.15) is 17.2 Å². The van der Waals surface area contributed by atoms with Gasteiger partial charge < -0.3 is 5.11 Å². The molecule has 0 aliphatic heterocycles. The van der Waals surface area contributed by atoms with E-state index in [0.29, 0.717) is 5.56 Å². The summed E-state index contributed by atoms with van der Waals surface area (Å²) in [5.74, 6) is -1.35. The van der Waals surface area contributed by atoms with Crippen molar-refractivity contribution in [3.8, 4) is 0 Å². The van der Waals surface area contributed by atoms with Crippen molar-refractivity contribution in [1.29, 1.82) is 0 Å². The van der Waals surface area contributed by atoms with Crippen molar-refractivity contribution in [1.82, 2.24) is 4.98 Å². The molecule has 2 aromatic rings. The number of hydrogen-bond donors (Lipinski definition) is 1. The average molecular weight is 314 g/mol. The lowest BCUT2D eigenvalue weighted by molar-refractivity contribution is 0.175. The lowest BCUT2D eigenvalue weighted by Gasteiger charge is -2.12. The Morgan fingerprint density at radius 2 is 2.06 bits per heavy atom. The maximum absolute atomic E-state index is 13.7. The molecule has 0 aliphatic carbocycles. The molecule has 0 saturated heterocycles. The third-order valence-corrected chi connectivity index (χ3v) is 3.22. The molecule has 0 bridgehead atoms. The quantitative estimate of drug-likeness (QED) is 0.881. The molecule has 1 aromatic heterocycles. The molecule has 94 valence electrons. The van der Waals surface area contributed by atoms with Gasteiger partial charge >= 0.3 is 0 Å². The SMILES string of the molecule is OC(Cc1c(F)ccc(Br)c1F)c1cccnc1. The van der Waals surface area contributed by atoms with Crippen molar-refractivity contribution in [2.45, 2.75) is 12.5 Å². The summed E-state index contributed by atoms with van der Waals surface area (Å²) in [7, 11) is 0. The molecular weight excluding hydrogens is 304 g/mol. The van der Waals surface area contributed by atoms with E-state index in [4.69, 9.17) is 0 Å². The molecule has 1 heterocycles. The summed E-state index contributed by atoms with van der Waals surface area (Å²) in [6.07, 6.45) is 1.91. The Kier molecular flexibility index (Phi) is 4.04. The first kappa shape index (κ1) is 13.1. The van der Waals surface area contributed by atoms with E-state index in [1.807, 2.05) is 0 Å². The van der Waals surface area contributed by atoms with E-state index in [0.717, 1.165) is 0 Å². The van der Waals surface area contributed by atoms with Gasteiger partial charge in [0.25, 0.3) is 0 Å². The average Bonchev–Trinajstić information content (AvgIpc) is 2.40. The van der Waals surface area contributed by atoms with Crippen LogP contribution in [-0.2, 0) is 6.42 Å². The van der Waals surface area contributed by atoms with Gasteiger partial charge in [0.15, 0.2) is 0 Å². The highest BCUT2D eigenvalue weighted by molar-refractivity contribution is 9.10. The molecule has 0 radical (unpaired) electrons. The molecule has 2 rings (SSSR count). The van der Waals surface area contributed by atoms with Crippen LogP contribution in [0.3, 0.4) is 0 Å². The predicted octanol–water partition coefficient (Wildman–Crippen LogP) is 3.40. The van der Waals surface area contributed by atoms with Crippen molar-refractivity contribution in [2.24, 2.45) is 0 Å². The molecule has 18 heavy (non-hydrogen) atoms. The van der Waals surface area contributed by atoms with Crippen LogP contribution < -0.4 is 0 Å². The molecule has 1 aromatic carbocycles. The lowest BCUT2D eigenvalue weighted by Crippen LogP contribution is -2.06. The van der Waals surface area contributed by atoms with Gasteiger partial charge in [-0.25, -0.2) is 8.78 Å². The summed E-state index contributed by atoms with van der Waals surface area (Å²) in [5, 5.41) is 9.93. The molecule has 0 amide bonds. The lowest BCUT2D eigenvalue weighted by atomic mass is 10.0. The Bertz CT molecular complexity index is 548. The summed E-state index contributed by atoms with van der Waals surface area (Å²) in [6, 6.07) is 5.78. The highest BCUT2D eigenvalue weighted by atomic mass is 79.9. The van der Waals surface area contributed by atoms with Crippen molar-refractivity contribution in [3.63, 3.8) is 0 Å². The minimum Gasteiger partial charge on any atom is -0.388 e. The molecule has 0 aliphatic rings. The zero-order chi connectivity index (χ0) is 13.1. The van der Waals surface area contributed by atoms with E-state index in [-0.39, 0.29) is 16.5 Å². The van der Waals surface area contributed by atoms with E-state index >= 15 is 0 Å². The van der Waals surface area contributed by atoms with Crippen molar-refractivity contribution in [3.05, 3.63) is 63.9 Å². The second-order valence-corrected chi connectivity index (χ2v) is 4.68. The Labute approximate surface area is 111 Å². The number of nitrogens with zero attached hydrogens (tertiary/aromatic N) is 1. The molecule has 1 atom stereocenters. The molecule has 5 heteroatoms. The van der Waals surface area contributed by atoms with Crippen LogP contribution in [0, 0.1) is 11.6 Å².